The molecule has 2 nitrogen and oxygen atoms in total. The summed E-state index contributed by atoms with van der Waals surface area (Å²) in [6.45, 7) is 1.30. The van der Waals surface area contributed by atoms with Gasteiger partial charge < -0.3 is 5.73 Å². The Labute approximate surface area is 136 Å². The van der Waals surface area contributed by atoms with E-state index in [1.807, 2.05) is 0 Å². The topological polar surface area (TPSA) is 38.4 Å². The zero-order chi connectivity index (χ0) is 16.2. The molecule has 0 radical (unpaired) electrons. The van der Waals surface area contributed by atoms with E-state index in [9.17, 15) is 4.39 Å². The molecule has 22 heavy (non-hydrogen) atoms. The number of halogens is 4. The molecule has 1 aliphatic carbocycles. The van der Waals surface area contributed by atoms with Gasteiger partial charge in [-0.3, -0.25) is 4.99 Å². The summed E-state index contributed by atoms with van der Waals surface area (Å²) in [5.41, 5.74) is 2.62. The molecule has 0 saturated heterocycles. The fourth-order valence-corrected chi connectivity index (χ4v) is 4.08. The summed E-state index contributed by atoms with van der Waals surface area (Å²) < 4.78 is 45.7. The molecule has 1 aliphatic heterocycles. The van der Waals surface area contributed by atoms with Crippen LogP contribution in [0.25, 0.3) is 0 Å². The van der Waals surface area contributed by atoms with Crippen molar-refractivity contribution in [3.63, 3.8) is 0 Å². The monoisotopic (exact) mass is 374 g/mol. The second kappa shape index (κ2) is 4.98. The highest BCUT2D eigenvalue weighted by molar-refractivity contribution is 9.10. The van der Waals surface area contributed by atoms with Crippen LogP contribution in [-0.4, -0.2) is 11.8 Å². The number of nitrogens with two attached hydrogens (primary N) is 1. The number of alkyl halides is 2. The van der Waals surface area contributed by atoms with Crippen molar-refractivity contribution in [3.8, 4) is 0 Å². The average Bonchev–Trinajstić information content (AvgIpc) is 2.46. The van der Waals surface area contributed by atoms with E-state index in [1.165, 1.54) is 25.1 Å². The van der Waals surface area contributed by atoms with E-state index < -0.39 is 22.7 Å². The summed E-state index contributed by atoms with van der Waals surface area (Å²) >= 11 is 3.23. The van der Waals surface area contributed by atoms with Crippen molar-refractivity contribution in [2.24, 2.45) is 16.1 Å². The minimum Gasteiger partial charge on any atom is -0.387 e. The highest BCUT2D eigenvalue weighted by Gasteiger charge is 2.67. The molecule has 1 saturated carbocycles. The Morgan fingerprint density at radius 2 is 1.91 bits per heavy atom. The number of benzene rings is 1. The molecule has 3 rings (SSSR count). The van der Waals surface area contributed by atoms with Crippen molar-refractivity contribution >= 4 is 21.8 Å². The molecule has 1 fully saturated rings. The summed E-state index contributed by atoms with van der Waals surface area (Å²) in [5, 5.41) is 0. The minimum absolute atomic E-state index is 0.108. The van der Waals surface area contributed by atoms with E-state index in [2.05, 4.69) is 20.9 Å². The number of nitrogens with zero attached hydrogens (tertiary/aromatic N) is 1. The molecular weight excluding hydrogens is 357 g/mol. The second-order valence-electron chi connectivity index (χ2n) is 6.51. The van der Waals surface area contributed by atoms with Crippen LogP contribution in [0.2, 0.25) is 0 Å². The largest absolute Gasteiger partial charge is 0.387 e. The standard InChI is InChI=1S/C16H18BrF3N2/c1-14(11-9-10(17)3-4-12(11)18)16(19,20)15(6-2-7-15)8-5-13(21)22-14/h3-4,9H,2,5-8H2,1H3,(H2,21,22)/t14-/m0/s1. The van der Waals surface area contributed by atoms with Crippen LogP contribution in [-0.2, 0) is 5.54 Å². The van der Waals surface area contributed by atoms with Crippen molar-refractivity contribution in [1.82, 2.24) is 0 Å². The van der Waals surface area contributed by atoms with Crippen LogP contribution in [0.5, 0.6) is 0 Å². The van der Waals surface area contributed by atoms with Gasteiger partial charge in [0.05, 0.1) is 5.84 Å². The van der Waals surface area contributed by atoms with E-state index in [0.717, 1.165) is 6.42 Å². The molecule has 1 atom stereocenters. The van der Waals surface area contributed by atoms with Gasteiger partial charge in [-0.2, -0.15) is 0 Å². The summed E-state index contributed by atoms with van der Waals surface area (Å²) in [7, 11) is 0. The molecule has 120 valence electrons. The number of hydrogen-bond acceptors (Lipinski definition) is 2. The van der Waals surface area contributed by atoms with Gasteiger partial charge in [-0.05, 0) is 44.4 Å². The highest BCUT2D eigenvalue weighted by Crippen LogP contribution is 2.63. The first-order valence-corrected chi connectivity index (χ1v) is 8.19. The first-order valence-electron chi connectivity index (χ1n) is 7.39. The zero-order valence-electron chi connectivity index (χ0n) is 12.3. The molecular formula is C16H18BrF3N2. The Morgan fingerprint density at radius 3 is 2.50 bits per heavy atom. The van der Waals surface area contributed by atoms with Gasteiger partial charge in [-0.15, -0.1) is 0 Å². The molecule has 1 heterocycles. The molecule has 2 aliphatic rings. The van der Waals surface area contributed by atoms with E-state index >= 15 is 8.78 Å². The normalized spacial score (nSPS) is 29.6. The molecule has 1 spiro atoms. The molecule has 0 aromatic heterocycles. The summed E-state index contributed by atoms with van der Waals surface area (Å²) in [6, 6.07) is 4.06. The summed E-state index contributed by atoms with van der Waals surface area (Å²) in [6.07, 6.45) is 2.29. The first kappa shape index (κ1) is 15.8. The first-order chi connectivity index (χ1) is 10.2. The summed E-state index contributed by atoms with van der Waals surface area (Å²) in [4.78, 5) is 4.09. The van der Waals surface area contributed by atoms with Crippen LogP contribution in [0.4, 0.5) is 13.2 Å². The Kier molecular flexibility index (Phi) is 3.59. The third kappa shape index (κ3) is 2.02. The lowest BCUT2D eigenvalue weighted by atomic mass is 9.57. The molecule has 0 amide bonds. The maximum Gasteiger partial charge on any atom is 0.282 e. The molecule has 0 unspecified atom stereocenters. The van der Waals surface area contributed by atoms with Crippen molar-refractivity contribution in [3.05, 3.63) is 34.1 Å². The Bertz CT molecular complexity index is 640. The molecule has 0 bridgehead atoms. The third-order valence-corrected chi connectivity index (χ3v) is 5.76. The Balaban J connectivity index is 2.23. The van der Waals surface area contributed by atoms with E-state index in [4.69, 9.17) is 5.73 Å². The lowest BCUT2D eigenvalue weighted by molar-refractivity contribution is -0.205. The predicted octanol–water partition coefficient (Wildman–Crippen LogP) is 4.76. The van der Waals surface area contributed by atoms with Crippen molar-refractivity contribution in [2.75, 3.05) is 0 Å². The molecule has 2 N–H and O–H groups in total. The Morgan fingerprint density at radius 1 is 1.23 bits per heavy atom. The van der Waals surface area contributed by atoms with Crippen LogP contribution in [0, 0.1) is 11.2 Å². The average molecular weight is 375 g/mol. The van der Waals surface area contributed by atoms with Crippen molar-refractivity contribution in [1.29, 1.82) is 0 Å². The van der Waals surface area contributed by atoms with Gasteiger partial charge in [0, 0.05) is 21.9 Å². The van der Waals surface area contributed by atoms with Crippen LogP contribution in [0.3, 0.4) is 0 Å². The lowest BCUT2D eigenvalue weighted by Crippen LogP contribution is -2.56. The molecule has 1 aromatic rings. The van der Waals surface area contributed by atoms with Crippen LogP contribution < -0.4 is 5.73 Å². The van der Waals surface area contributed by atoms with Crippen LogP contribution >= 0.6 is 15.9 Å². The Hall–Kier alpha value is -1.04. The minimum atomic E-state index is -3.15. The van der Waals surface area contributed by atoms with Crippen molar-refractivity contribution < 1.29 is 13.2 Å². The van der Waals surface area contributed by atoms with Gasteiger partial charge >= 0.3 is 0 Å². The van der Waals surface area contributed by atoms with Gasteiger partial charge in [0.2, 0.25) is 0 Å². The zero-order valence-corrected chi connectivity index (χ0v) is 13.9. The van der Waals surface area contributed by atoms with Gasteiger partial charge in [-0.25, -0.2) is 13.2 Å². The maximum atomic E-state index is 15.4. The quantitative estimate of drug-likeness (QED) is 0.755. The lowest BCUT2D eigenvalue weighted by Gasteiger charge is -2.51. The van der Waals surface area contributed by atoms with E-state index in [1.54, 1.807) is 0 Å². The SMILES string of the molecule is C[C@@]1(c2cc(Br)ccc2F)N=C(N)CCC2(CCC2)C1(F)F. The second-order valence-corrected chi connectivity index (χ2v) is 7.42. The number of rotatable bonds is 1. The summed E-state index contributed by atoms with van der Waals surface area (Å²) in [5.74, 6) is -3.66. The van der Waals surface area contributed by atoms with E-state index in [-0.39, 0.29) is 11.4 Å². The fraction of sp³-hybridized carbons (Fsp3) is 0.562. The van der Waals surface area contributed by atoms with Crippen molar-refractivity contribution in [2.45, 2.75) is 50.5 Å². The highest BCUT2D eigenvalue weighted by atomic mass is 79.9. The fourth-order valence-electron chi connectivity index (χ4n) is 3.72. The smallest absolute Gasteiger partial charge is 0.282 e. The number of hydrogen-bond donors (Lipinski definition) is 1. The van der Waals surface area contributed by atoms with Crippen LogP contribution in [0.15, 0.2) is 27.7 Å². The van der Waals surface area contributed by atoms with Crippen LogP contribution in [0.1, 0.15) is 44.6 Å². The predicted molar refractivity (Wildman–Crippen MR) is 83.5 cm³/mol. The van der Waals surface area contributed by atoms with Gasteiger partial charge in [0.25, 0.3) is 5.92 Å². The maximum absolute atomic E-state index is 15.4. The molecule has 1 aromatic carbocycles. The number of amidine groups is 1. The van der Waals surface area contributed by atoms with E-state index in [0.29, 0.717) is 30.2 Å². The number of aliphatic imine (C=N–C) groups is 1. The van der Waals surface area contributed by atoms with Gasteiger partial charge in [0.1, 0.15) is 5.82 Å². The third-order valence-electron chi connectivity index (χ3n) is 5.27. The van der Waals surface area contributed by atoms with Gasteiger partial charge in [0.15, 0.2) is 5.54 Å². The molecule has 6 heteroatoms. The van der Waals surface area contributed by atoms with Gasteiger partial charge in [-0.1, -0.05) is 22.4 Å².